The standard InChI is InChI=1S/C25H25FN4O2/c1-14-12-29-13-19(22(31)15(2)23(29)28-14)17-9-16-4-8-30(24(32)21(16)20(26)10-17)18-3-7-27-25(11-18)5-6-25/h4,8-10,12-13,18,27,31H,3,5-7,11H2,1-2H3. The zero-order valence-electron chi connectivity index (χ0n) is 18.2. The summed E-state index contributed by atoms with van der Waals surface area (Å²) >= 11 is 0. The first-order chi connectivity index (χ1) is 15.3. The smallest absolute Gasteiger partial charge is 0.261 e. The number of fused-ring (bicyclic) bond motifs is 2. The summed E-state index contributed by atoms with van der Waals surface area (Å²) in [5.41, 5.74) is 3.07. The predicted octanol–water partition coefficient (Wildman–Crippen LogP) is 4.23. The zero-order valence-corrected chi connectivity index (χ0v) is 18.2. The molecular weight excluding hydrogens is 407 g/mol. The highest BCUT2D eigenvalue weighted by molar-refractivity contribution is 5.88. The second kappa shape index (κ2) is 6.65. The summed E-state index contributed by atoms with van der Waals surface area (Å²) in [6.45, 7) is 4.56. The highest BCUT2D eigenvalue weighted by Crippen LogP contribution is 2.45. The molecule has 0 amide bonds. The van der Waals surface area contributed by atoms with Crippen LogP contribution in [0.3, 0.4) is 0 Å². The van der Waals surface area contributed by atoms with Crippen molar-refractivity contribution >= 4 is 16.4 Å². The Morgan fingerprint density at radius 1 is 1.25 bits per heavy atom. The van der Waals surface area contributed by atoms with Crippen LogP contribution >= 0.6 is 0 Å². The van der Waals surface area contributed by atoms with E-state index in [1.165, 1.54) is 6.07 Å². The molecule has 1 saturated heterocycles. The van der Waals surface area contributed by atoms with Gasteiger partial charge in [-0.15, -0.1) is 0 Å². The van der Waals surface area contributed by atoms with Crippen LogP contribution in [-0.2, 0) is 0 Å². The van der Waals surface area contributed by atoms with Crippen molar-refractivity contribution < 1.29 is 9.50 Å². The molecular formula is C25H25FN4O2. The highest BCUT2D eigenvalue weighted by atomic mass is 19.1. The van der Waals surface area contributed by atoms with Gasteiger partial charge >= 0.3 is 0 Å². The largest absolute Gasteiger partial charge is 0.507 e. The van der Waals surface area contributed by atoms with E-state index in [-0.39, 0.29) is 28.3 Å². The lowest BCUT2D eigenvalue weighted by Gasteiger charge is -2.31. The number of imidazole rings is 1. The fraction of sp³-hybridized carbons (Fsp3) is 0.360. The molecule has 1 atom stereocenters. The van der Waals surface area contributed by atoms with Gasteiger partial charge in [-0.2, -0.15) is 0 Å². The summed E-state index contributed by atoms with van der Waals surface area (Å²) in [7, 11) is 0. The van der Waals surface area contributed by atoms with Crippen molar-refractivity contribution in [3.05, 3.63) is 64.2 Å². The zero-order chi connectivity index (χ0) is 22.2. The number of aromatic hydroxyl groups is 1. The van der Waals surface area contributed by atoms with Crippen molar-refractivity contribution in [1.29, 1.82) is 0 Å². The van der Waals surface area contributed by atoms with Crippen molar-refractivity contribution in [3.63, 3.8) is 0 Å². The number of piperidine rings is 1. The van der Waals surface area contributed by atoms with Crippen molar-refractivity contribution in [2.24, 2.45) is 0 Å². The predicted molar refractivity (Wildman–Crippen MR) is 122 cm³/mol. The maximum absolute atomic E-state index is 15.3. The fourth-order valence-electron chi connectivity index (χ4n) is 5.30. The Kier molecular flexibility index (Phi) is 4.05. The second-order valence-corrected chi connectivity index (χ2v) is 9.43. The first-order valence-corrected chi connectivity index (χ1v) is 11.1. The Bertz CT molecular complexity index is 1460. The minimum Gasteiger partial charge on any atom is -0.507 e. The number of nitrogens with one attached hydrogen (secondary N) is 1. The van der Waals surface area contributed by atoms with E-state index in [9.17, 15) is 9.90 Å². The van der Waals surface area contributed by atoms with E-state index in [0.717, 1.165) is 37.9 Å². The maximum atomic E-state index is 15.3. The van der Waals surface area contributed by atoms with Crippen molar-refractivity contribution in [2.75, 3.05) is 6.54 Å². The molecule has 0 radical (unpaired) electrons. The SMILES string of the molecule is Cc1cn2cc(-c3cc(F)c4c(=O)n(C5CCNC6(CC6)C5)ccc4c3)c(O)c(C)c2n1. The molecule has 1 saturated carbocycles. The molecule has 3 aromatic heterocycles. The van der Waals surface area contributed by atoms with E-state index in [0.29, 0.717) is 27.7 Å². The molecule has 7 heteroatoms. The number of hydrogen-bond donors (Lipinski definition) is 2. The molecule has 4 heterocycles. The third kappa shape index (κ3) is 2.88. The van der Waals surface area contributed by atoms with Gasteiger partial charge in [0.2, 0.25) is 0 Å². The normalized spacial score (nSPS) is 19.8. The van der Waals surface area contributed by atoms with Crippen LogP contribution in [0.25, 0.3) is 27.5 Å². The summed E-state index contributed by atoms with van der Waals surface area (Å²) in [5, 5.41) is 15.0. The Morgan fingerprint density at radius 2 is 2.06 bits per heavy atom. The van der Waals surface area contributed by atoms with Crippen LogP contribution in [0.4, 0.5) is 4.39 Å². The van der Waals surface area contributed by atoms with Crippen LogP contribution in [0.15, 0.2) is 41.6 Å². The van der Waals surface area contributed by atoms with Crippen molar-refractivity contribution in [3.8, 4) is 16.9 Å². The summed E-state index contributed by atoms with van der Waals surface area (Å²) in [4.78, 5) is 17.7. The molecule has 4 aromatic rings. The Hall–Kier alpha value is -3.19. The molecule has 1 aliphatic carbocycles. The Balaban J connectivity index is 1.48. The van der Waals surface area contributed by atoms with Crippen molar-refractivity contribution in [2.45, 2.75) is 51.1 Å². The van der Waals surface area contributed by atoms with Gasteiger partial charge in [0.1, 0.15) is 17.2 Å². The lowest BCUT2D eigenvalue weighted by atomic mass is 9.96. The number of halogens is 1. The van der Waals surface area contributed by atoms with Gasteiger partial charge in [-0.05, 0) is 75.2 Å². The van der Waals surface area contributed by atoms with Crippen molar-refractivity contribution in [1.82, 2.24) is 19.3 Å². The number of aryl methyl sites for hydroxylation is 2. The molecule has 2 fully saturated rings. The number of nitrogens with zero attached hydrogens (tertiary/aromatic N) is 3. The van der Waals surface area contributed by atoms with Crippen LogP contribution in [-0.4, -0.2) is 31.1 Å². The fourth-order valence-corrected chi connectivity index (χ4v) is 5.30. The monoisotopic (exact) mass is 432 g/mol. The lowest BCUT2D eigenvalue weighted by Crippen LogP contribution is -2.42. The molecule has 2 N–H and O–H groups in total. The summed E-state index contributed by atoms with van der Waals surface area (Å²) < 4.78 is 18.9. The van der Waals surface area contributed by atoms with E-state index in [1.807, 2.05) is 23.6 Å². The van der Waals surface area contributed by atoms with E-state index >= 15 is 4.39 Å². The first-order valence-electron chi connectivity index (χ1n) is 11.1. The molecule has 1 aliphatic heterocycles. The van der Waals surface area contributed by atoms with Crippen LogP contribution in [0, 0.1) is 19.7 Å². The number of aromatic nitrogens is 3. The third-order valence-corrected chi connectivity index (χ3v) is 7.21. The molecule has 1 unspecified atom stereocenters. The van der Waals surface area contributed by atoms with Gasteiger partial charge in [0.05, 0.1) is 11.1 Å². The van der Waals surface area contributed by atoms with Crippen LogP contribution in [0.1, 0.15) is 43.0 Å². The third-order valence-electron chi connectivity index (χ3n) is 7.21. The molecule has 0 bridgehead atoms. The molecule has 1 aromatic carbocycles. The maximum Gasteiger partial charge on any atom is 0.261 e. The minimum atomic E-state index is -0.564. The van der Waals surface area contributed by atoms with Gasteiger partial charge in [-0.3, -0.25) is 4.79 Å². The Labute approximate surface area is 184 Å². The van der Waals surface area contributed by atoms with E-state index in [1.54, 1.807) is 30.0 Å². The number of pyridine rings is 2. The molecule has 6 nitrogen and oxygen atoms in total. The number of benzene rings is 1. The molecule has 1 spiro atoms. The highest BCUT2D eigenvalue weighted by Gasteiger charge is 2.46. The topological polar surface area (TPSA) is 71.6 Å². The minimum absolute atomic E-state index is 0.0691. The average molecular weight is 432 g/mol. The van der Waals surface area contributed by atoms with Crippen LogP contribution in [0.2, 0.25) is 0 Å². The number of hydrogen-bond acceptors (Lipinski definition) is 4. The first kappa shape index (κ1) is 19.5. The molecule has 6 rings (SSSR count). The van der Waals surface area contributed by atoms with Crippen LogP contribution in [0.5, 0.6) is 5.75 Å². The van der Waals surface area contributed by atoms with E-state index < -0.39 is 5.82 Å². The van der Waals surface area contributed by atoms with Gasteiger partial charge in [0.15, 0.2) is 0 Å². The van der Waals surface area contributed by atoms with Crippen LogP contribution < -0.4 is 10.9 Å². The summed E-state index contributed by atoms with van der Waals surface area (Å²) in [5.74, 6) is -0.495. The molecule has 32 heavy (non-hydrogen) atoms. The van der Waals surface area contributed by atoms with Gasteiger partial charge in [0, 0.05) is 41.3 Å². The Morgan fingerprint density at radius 3 is 2.84 bits per heavy atom. The quantitative estimate of drug-likeness (QED) is 0.497. The average Bonchev–Trinajstić information content (AvgIpc) is 3.39. The van der Waals surface area contributed by atoms with Gasteiger partial charge in [0.25, 0.3) is 5.56 Å². The van der Waals surface area contributed by atoms with Gasteiger partial charge in [-0.1, -0.05) is 0 Å². The van der Waals surface area contributed by atoms with Gasteiger partial charge in [-0.25, -0.2) is 9.37 Å². The van der Waals surface area contributed by atoms with E-state index in [2.05, 4.69) is 10.3 Å². The molecule has 164 valence electrons. The summed E-state index contributed by atoms with van der Waals surface area (Å²) in [6.07, 6.45) is 9.49. The summed E-state index contributed by atoms with van der Waals surface area (Å²) in [6, 6.07) is 5.03. The number of rotatable bonds is 2. The molecule has 2 aliphatic rings. The second-order valence-electron chi connectivity index (χ2n) is 9.43. The lowest BCUT2D eigenvalue weighted by molar-refractivity contribution is 0.282. The van der Waals surface area contributed by atoms with E-state index in [4.69, 9.17) is 0 Å². The van der Waals surface area contributed by atoms with Gasteiger partial charge < -0.3 is 19.4 Å².